The normalized spacial score (nSPS) is 11.2. The maximum absolute atomic E-state index is 13.0. The predicted molar refractivity (Wildman–Crippen MR) is 94.2 cm³/mol. The van der Waals surface area contributed by atoms with Gasteiger partial charge in [0.15, 0.2) is 11.3 Å². The molecule has 0 amide bonds. The molecule has 4 rings (SSSR count). The van der Waals surface area contributed by atoms with E-state index >= 15 is 0 Å². The quantitative estimate of drug-likeness (QED) is 0.548. The first-order chi connectivity index (χ1) is 12.7. The minimum atomic E-state index is -0.336. The largest absolute Gasteiger partial charge is 0.497 e. The molecule has 0 aliphatic carbocycles. The van der Waals surface area contributed by atoms with Crippen LogP contribution in [0.25, 0.3) is 22.5 Å². The minimum Gasteiger partial charge on any atom is -0.497 e. The number of pyridine rings is 1. The highest BCUT2D eigenvalue weighted by Gasteiger charge is 2.15. The molecule has 0 fully saturated rings. The first-order valence-corrected chi connectivity index (χ1v) is 8.02. The highest BCUT2D eigenvalue weighted by Crippen LogP contribution is 2.27. The van der Waals surface area contributed by atoms with Crippen molar-refractivity contribution in [1.29, 1.82) is 0 Å². The van der Waals surface area contributed by atoms with Crippen LogP contribution in [0.15, 0.2) is 35.3 Å². The van der Waals surface area contributed by atoms with E-state index < -0.39 is 0 Å². The van der Waals surface area contributed by atoms with Crippen LogP contribution in [0.2, 0.25) is 0 Å². The van der Waals surface area contributed by atoms with E-state index in [0.29, 0.717) is 40.7 Å². The van der Waals surface area contributed by atoms with Crippen LogP contribution < -0.4 is 15.0 Å². The van der Waals surface area contributed by atoms with Gasteiger partial charge in [-0.1, -0.05) is 6.92 Å². The molecular formula is C17H16N6O3. The topological polar surface area (TPSA) is 96.4 Å². The Bertz CT molecular complexity index is 1180. The van der Waals surface area contributed by atoms with Crippen LogP contribution in [-0.4, -0.2) is 43.6 Å². The first-order valence-electron chi connectivity index (χ1n) is 8.02. The molecule has 1 aromatic carbocycles. The van der Waals surface area contributed by atoms with E-state index in [9.17, 15) is 4.79 Å². The highest BCUT2D eigenvalue weighted by atomic mass is 16.5. The Balaban J connectivity index is 2.00. The van der Waals surface area contributed by atoms with Gasteiger partial charge < -0.3 is 9.47 Å². The standard InChI is InChI=1S/C17H16N6O3/c1-4-14-18-17-20-19-15-11(23(17)21-14)7-8-22(16(15)24)12-9-10(25-2)5-6-13(12)26-3/h5-9H,4H2,1-3H3. The molecule has 0 radical (unpaired) electrons. The number of fused-ring (bicyclic) bond motifs is 3. The summed E-state index contributed by atoms with van der Waals surface area (Å²) in [6.07, 6.45) is 2.32. The van der Waals surface area contributed by atoms with E-state index in [-0.39, 0.29) is 11.1 Å². The lowest BCUT2D eigenvalue weighted by molar-refractivity contribution is 0.401. The van der Waals surface area contributed by atoms with Gasteiger partial charge in [0, 0.05) is 18.7 Å². The molecule has 0 saturated heterocycles. The monoisotopic (exact) mass is 352 g/mol. The molecule has 0 atom stereocenters. The van der Waals surface area contributed by atoms with Gasteiger partial charge in [0.05, 0.1) is 19.9 Å². The zero-order valence-electron chi connectivity index (χ0n) is 14.5. The van der Waals surface area contributed by atoms with Crippen LogP contribution in [0, 0.1) is 0 Å². The fourth-order valence-corrected chi connectivity index (χ4v) is 2.77. The maximum Gasteiger partial charge on any atom is 0.285 e. The van der Waals surface area contributed by atoms with Crippen LogP contribution in [-0.2, 0) is 6.42 Å². The molecule has 4 aromatic rings. The van der Waals surface area contributed by atoms with Gasteiger partial charge in [0.2, 0.25) is 0 Å². The van der Waals surface area contributed by atoms with Crippen molar-refractivity contribution >= 4 is 16.8 Å². The Labute approximate surface area is 147 Å². The highest BCUT2D eigenvalue weighted by molar-refractivity contribution is 5.75. The van der Waals surface area contributed by atoms with E-state index in [1.165, 1.54) is 9.08 Å². The van der Waals surface area contributed by atoms with Crippen molar-refractivity contribution in [2.45, 2.75) is 13.3 Å². The Morgan fingerprint density at radius 2 is 1.96 bits per heavy atom. The lowest BCUT2D eigenvalue weighted by Gasteiger charge is -2.12. The fraction of sp³-hybridized carbons (Fsp3) is 0.235. The predicted octanol–water partition coefficient (Wildman–Crippen LogP) is 1.40. The van der Waals surface area contributed by atoms with Gasteiger partial charge in [-0.3, -0.25) is 9.36 Å². The Morgan fingerprint density at radius 3 is 2.69 bits per heavy atom. The Kier molecular flexibility index (Phi) is 3.76. The van der Waals surface area contributed by atoms with Crippen LogP contribution in [0.3, 0.4) is 0 Å². The molecule has 3 aromatic heterocycles. The van der Waals surface area contributed by atoms with Crippen molar-refractivity contribution in [3.8, 4) is 17.2 Å². The van der Waals surface area contributed by atoms with Crippen LogP contribution in [0.1, 0.15) is 12.7 Å². The van der Waals surface area contributed by atoms with E-state index in [1.54, 1.807) is 44.7 Å². The summed E-state index contributed by atoms with van der Waals surface area (Å²) in [4.78, 5) is 17.3. The molecule has 0 spiro atoms. The summed E-state index contributed by atoms with van der Waals surface area (Å²) < 4.78 is 13.6. The zero-order valence-corrected chi connectivity index (χ0v) is 14.5. The molecule has 0 aliphatic rings. The summed E-state index contributed by atoms with van der Waals surface area (Å²) in [5.41, 5.74) is 0.952. The average molecular weight is 352 g/mol. The number of benzene rings is 1. The SMILES string of the molecule is CCc1nc2nnc3c(=O)n(-c4cc(OC)ccc4OC)ccc3n2n1. The molecular weight excluding hydrogens is 336 g/mol. The first kappa shape index (κ1) is 16.0. The van der Waals surface area contributed by atoms with E-state index in [0.717, 1.165) is 0 Å². The molecule has 0 aliphatic heterocycles. The number of rotatable bonds is 4. The number of hydrogen-bond donors (Lipinski definition) is 0. The third-order valence-corrected chi connectivity index (χ3v) is 4.11. The van der Waals surface area contributed by atoms with Crippen molar-refractivity contribution in [2.75, 3.05) is 14.2 Å². The van der Waals surface area contributed by atoms with E-state index in [1.807, 2.05) is 6.92 Å². The van der Waals surface area contributed by atoms with Gasteiger partial charge in [-0.2, -0.15) is 9.50 Å². The number of hydrogen-bond acceptors (Lipinski definition) is 7. The number of nitrogens with zero attached hydrogens (tertiary/aromatic N) is 6. The van der Waals surface area contributed by atoms with Crippen molar-refractivity contribution in [1.82, 2.24) is 29.4 Å². The second-order valence-electron chi connectivity index (χ2n) is 5.56. The smallest absolute Gasteiger partial charge is 0.285 e. The van der Waals surface area contributed by atoms with E-state index in [2.05, 4.69) is 20.3 Å². The van der Waals surface area contributed by atoms with Crippen LogP contribution in [0.4, 0.5) is 0 Å². The van der Waals surface area contributed by atoms with Crippen LogP contribution >= 0.6 is 0 Å². The average Bonchev–Trinajstić information content (AvgIpc) is 3.11. The van der Waals surface area contributed by atoms with Gasteiger partial charge in [-0.15, -0.1) is 15.3 Å². The molecule has 0 unspecified atom stereocenters. The summed E-state index contributed by atoms with van der Waals surface area (Å²) >= 11 is 0. The number of aromatic nitrogens is 6. The molecule has 0 saturated carbocycles. The summed E-state index contributed by atoms with van der Waals surface area (Å²) in [7, 11) is 3.11. The molecule has 9 nitrogen and oxygen atoms in total. The molecule has 0 bridgehead atoms. The number of aryl methyl sites for hydroxylation is 1. The van der Waals surface area contributed by atoms with E-state index in [4.69, 9.17) is 9.47 Å². The summed E-state index contributed by atoms with van der Waals surface area (Å²) in [6.45, 7) is 1.95. The fourth-order valence-electron chi connectivity index (χ4n) is 2.77. The summed E-state index contributed by atoms with van der Waals surface area (Å²) in [5, 5.41) is 12.5. The minimum absolute atomic E-state index is 0.192. The Morgan fingerprint density at radius 1 is 1.12 bits per heavy atom. The lowest BCUT2D eigenvalue weighted by atomic mass is 10.2. The lowest BCUT2D eigenvalue weighted by Crippen LogP contribution is -2.20. The van der Waals surface area contributed by atoms with Gasteiger partial charge in [-0.25, -0.2) is 0 Å². The van der Waals surface area contributed by atoms with Crippen molar-refractivity contribution in [2.24, 2.45) is 0 Å². The molecule has 9 heteroatoms. The number of ether oxygens (including phenoxy) is 2. The molecule has 132 valence electrons. The number of methoxy groups -OCH3 is 2. The van der Waals surface area contributed by atoms with Crippen molar-refractivity contribution < 1.29 is 9.47 Å². The maximum atomic E-state index is 13.0. The van der Waals surface area contributed by atoms with Crippen LogP contribution in [0.5, 0.6) is 11.5 Å². The van der Waals surface area contributed by atoms with Crippen molar-refractivity contribution in [3.05, 3.63) is 46.6 Å². The second-order valence-corrected chi connectivity index (χ2v) is 5.56. The van der Waals surface area contributed by atoms with Gasteiger partial charge in [0.1, 0.15) is 17.0 Å². The van der Waals surface area contributed by atoms with Gasteiger partial charge in [-0.05, 0) is 18.2 Å². The molecule has 26 heavy (non-hydrogen) atoms. The van der Waals surface area contributed by atoms with Gasteiger partial charge in [0.25, 0.3) is 11.3 Å². The Hall–Kier alpha value is -3.49. The second kappa shape index (κ2) is 6.10. The zero-order chi connectivity index (χ0) is 18.3. The van der Waals surface area contributed by atoms with Crippen molar-refractivity contribution in [3.63, 3.8) is 0 Å². The third-order valence-electron chi connectivity index (χ3n) is 4.11. The third kappa shape index (κ3) is 2.36. The summed E-state index contributed by atoms with van der Waals surface area (Å²) in [6, 6.07) is 6.98. The van der Waals surface area contributed by atoms with Gasteiger partial charge >= 0.3 is 0 Å². The molecule has 0 N–H and O–H groups in total. The summed E-state index contributed by atoms with van der Waals surface area (Å²) in [5.74, 6) is 2.16. The molecule has 3 heterocycles.